The number of anilines is 1. The Balaban J connectivity index is 1.64. The van der Waals surface area contributed by atoms with Crippen molar-refractivity contribution in [1.82, 2.24) is 20.2 Å². The maximum absolute atomic E-state index is 4.21. The Labute approximate surface area is 112 Å². The van der Waals surface area contributed by atoms with Gasteiger partial charge in [0, 0.05) is 11.7 Å². The van der Waals surface area contributed by atoms with Crippen molar-refractivity contribution in [1.29, 1.82) is 0 Å². The summed E-state index contributed by atoms with van der Waals surface area (Å²) in [6.07, 6.45) is 3.54. The maximum atomic E-state index is 4.21. The number of benzene rings is 1. The summed E-state index contributed by atoms with van der Waals surface area (Å²) >= 11 is 0. The van der Waals surface area contributed by atoms with E-state index >= 15 is 0 Å². The van der Waals surface area contributed by atoms with Gasteiger partial charge in [0.1, 0.15) is 0 Å². The highest BCUT2D eigenvalue weighted by molar-refractivity contribution is 5.59. The van der Waals surface area contributed by atoms with E-state index in [9.17, 15) is 0 Å². The molecule has 0 bridgehead atoms. The molecule has 2 heterocycles. The van der Waals surface area contributed by atoms with Crippen LogP contribution in [0.4, 0.5) is 5.69 Å². The zero-order valence-electron chi connectivity index (χ0n) is 11.0. The second-order valence-electron chi connectivity index (χ2n) is 5.58. The van der Waals surface area contributed by atoms with Crippen LogP contribution in [0, 0.1) is 0 Å². The number of nitrogens with zero attached hydrogens (tertiary/aromatic N) is 5. The molecule has 5 nitrogen and oxygen atoms in total. The van der Waals surface area contributed by atoms with Crippen LogP contribution in [-0.4, -0.2) is 26.2 Å². The van der Waals surface area contributed by atoms with Gasteiger partial charge in [0.15, 0.2) is 5.82 Å². The number of hydrogen-bond donors (Lipinski definition) is 0. The van der Waals surface area contributed by atoms with Crippen LogP contribution in [-0.2, 0) is 13.0 Å². The van der Waals surface area contributed by atoms with Gasteiger partial charge in [0.25, 0.3) is 0 Å². The van der Waals surface area contributed by atoms with Crippen molar-refractivity contribution < 1.29 is 0 Å². The van der Waals surface area contributed by atoms with E-state index in [4.69, 9.17) is 0 Å². The lowest BCUT2D eigenvalue weighted by atomic mass is 10.1. The third kappa shape index (κ3) is 1.80. The quantitative estimate of drug-likeness (QED) is 0.841. The van der Waals surface area contributed by atoms with Gasteiger partial charge in [0.05, 0.1) is 12.6 Å². The van der Waals surface area contributed by atoms with Crippen LogP contribution >= 0.6 is 0 Å². The molecule has 1 aromatic carbocycles. The molecule has 0 N–H and O–H groups in total. The van der Waals surface area contributed by atoms with Gasteiger partial charge in [-0.25, -0.2) is 4.68 Å². The predicted molar refractivity (Wildman–Crippen MR) is 71.9 cm³/mol. The highest BCUT2D eigenvalue weighted by Gasteiger charge is 2.31. The molecule has 1 aliphatic heterocycles. The first-order chi connectivity index (χ1) is 9.33. The third-order valence-electron chi connectivity index (χ3n) is 4.11. The average Bonchev–Trinajstić information content (AvgIpc) is 3.08. The van der Waals surface area contributed by atoms with Crippen LogP contribution in [0.15, 0.2) is 24.3 Å². The van der Waals surface area contributed by atoms with Crippen molar-refractivity contribution >= 4 is 5.69 Å². The molecule has 0 saturated heterocycles. The fourth-order valence-electron chi connectivity index (χ4n) is 2.94. The SMILES string of the molecule is C[C@H]1Cc2ccccc2N1Cc1nnnn1C1CC1. The number of para-hydroxylation sites is 1. The summed E-state index contributed by atoms with van der Waals surface area (Å²) < 4.78 is 2.01. The highest BCUT2D eigenvalue weighted by Crippen LogP contribution is 2.36. The summed E-state index contributed by atoms with van der Waals surface area (Å²) in [6, 6.07) is 9.69. The molecule has 2 aliphatic rings. The summed E-state index contributed by atoms with van der Waals surface area (Å²) in [5.74, 6) is 0.992. The Bertz CT molecular complexity index is 601. The predicted octanol–water partition coefficient (Wildman–Crippen LogP) is 1.96. The zero-order chi connectivity index (χ0) is 12.8. The van der Waals surface area contributed by atoms with E-state index in [0.29, 0.717) is 12.1 Å². The second kappa shape index (κ2) is 4.05. The molecule has 1 saturated carbocycles. The molecule has 98 valence electrons. The largest absolute Gasteiger partial charge is 0.361 e. The average molecular weight is 255 g/mol. The van der Waals surface area contributed by atoms with E-state index in [1.165, 1.54) is 24.1 Å². The molecule has 19 heavy (non-hydrogen) atoms. The molecule has 1 aliphatic carbocycles. The van der Waals surface area contributed by atoms with E-state index < -0.39 is 0 Å². The highest BCUT2D eigenvalue weighted by atomic mass is 15.6. The number of rotatable bonds is 3. The molecule has 0 amide bonds. The van der Waals surface area contributed by atoms with Crippen LogP contribution in [0.3, 0.4) is 0 Å². The number of tetrazole rings is 1. The van der Waals surface area contributed by atoms with E-state index in [1.807, 2.05) is 4.68 Å². The Morgan fingerprint density at radius 2 is 2.11 bits per heavy atom. The molecule has 4 rings (SSSR count). The Morgan fingerprint density at radius 1 is 1.26 bits per heavy atom. The minimum atomic E-state index is 0.516. The van der Waals surface area contributed by atoms with Gasteiger partial charge in [-0.15, -0.1) is 5.10 Å². The fourth-order valence-corrected chi connectivity index (χ4v) is 2.94. The van der Waals surface area contributed by atoms with Crippen LogP contribution in [0.2, 0.25) is 0 Å². The Morgan fingerprint density at radius 3 is 2.95 bits per heavy atom. The molecule has 5 heteroatoms. The van der Waals surface area contributed by atoms with Crippen molar-refractivity contribution in [2.75, 3.05) is 4.90 Å². The Kier molecular flexibility index (Phi) is 2.33. The Hall–Kier alpha value is -1.91. The van der Waals surface area contributed by atoms with Crippen LogP contribution in [0.5, 0.6) is 0 Å². The smallest absolute Gasteiger partial charge is 0.170 e. The van der Waals surface area contributed by atoms with Crippen molar-refractivity contribution in [3.63, 3.8) is 0 Å². The van der Waals surface area contributed by atoms with Gasteiger partial charge in [-0.3, -0.25) is 0 Å². The summed E-state index contributed by atoms with van der Waals surface area (Å²) in [4.78, 5) is 2.42. The summed E-state index contributed by atoms with van der Waals surface area (Å²) in [5, 5.41) is 12.2. The monoisotopic (exact) mass is 255 g/mol. The van der Waals surface area contributed by atoms with Gasteiger partial charge in [-0.05, 0) is 48.2 Å². The van der Waals surface area contributed by atoms with E-state index in [1.54, 1.807) is 0 Å². The lowest BCUT2D eigenvalue weighted by molar-refractivity contribution is 0.562. The van der Waals surface area contributed by atoms with E-state index in [2.05, 4.69) is 51.6 Å². The normalized spacial score (nSPS) is 21.7. The molecule has 0 radical (unpaired) electrons. The van der Waals surface area contributed by atoms with Crippen LogP contribution in [0.1, 0.15) is 37.2 Å². The van der Waals surface area contributed by atoms with Gasteiger partial charge >= 0.3 is 0 Å². The topological polar surface area (TPSA) is 46.8 Å². The van der Waals surface area contributed by atoms with Crippen LogP contribution in [0.25, 0.3) is 0 Å². The van der Waals surface area contributed by atoms with Gasteiger partial charge in [-0.1, -0.05) is 18.2 Å². The van der Waals surface area contributed by atoms with Crippen molar-refractivity contribution in [3.8, 4) is 0 Å². The van der Waals surface area contributed by atoms with E-state index in [-0.39, 0.29) is 0 Å². The molecular formula is C14H17N5. The summed E-state index contributed by atoms with van der Waals surface area (Å²) in [7, 11) is 0. The first-order valence-electron chi connectivity index (χ1n) is 6.94. The van der Waals surface area contributed by atoms with Crippen LogP contribution < -0.4 is 4.90 Å². The summed E-state index contributed by atoms with van der Waals surface area (Å²) in [6.45, 7) is 3.08. The molecule has 1 fully saturated rings. The van der Waals surface area contributed by atoms with Crippen molar-refractivity contribution in [2.24, 2.45) is 0 Å². The second-order valence-corrected chi connectivity index (χ2v) is 5.58. The molecule has 1 atom stereocenters. The minimum Gasteiger partial charge on any atom is -0.361 e. The molecule has 2 aromatic rings. The lowest BCUT2D eigenvalue weighted by Crippen LogP contribution is -2.30. The van der Waals surface area contributed by atoms with E-state index in [0.717, 1.165) is 18.8 Å². The third-order valence-corrected chi connectivity index (χ3v) is 4.11. The van der Waals surface area contributed by atoms with Gasteiger partial charge in [-0.2, -0.15) is 0 Å². The maximum Gasteiger partial charge on any atom is 0.170 e. The number of aromatic nitrogens is 4. The zero-order valence-corrected chi connectivity index (χ0v) is 11.0. The number of hydrogen-bond acceptors (Lipinski definition) is 4. The first-order valence-corrected chi connectivity index (χ1v) is 6.94. The minimum absolute atomic E-state index is 0.516. The standard InChI is InChI=1S/C14H17N5/c1-10-8-11-4-2-3-5-13(11)18(10)9-14-15-16-17-19(14)12-6-7-12/h2-5,10,12H,6-9H2,1H3/t10-/m0/s1. The fraction of sp³-hybridized carbons (Fsp3) is 0.500. The molecule has 0 spiro atoms. The van der Waals surface area contributed by atoms with Crippen molar-refractivity contribution in [2.45, 2.75) is 44.8 Å². The van der Waals surface area contributed by atoms with Gasteiger partial charge < -0.3 is 4.90 Å². The summed E-state index contributed by atoms with van der Waals surface area (Å²) in [5.41, 5.74) is 2.76. The molecule has 1 aromatic heterocycles. The molecular weight excluding hydrogens is 238 g/mol. The van der Waals surface area contributed by atoms with Crippen molar-refractivity contribution in [3.05, 3.63) is 35.7 Å². The first kappa shape index (κ1) is 11.0. The lowest BCUT2D eigenvalue weighted by Gasteiger charge is -2.24. The van der Waals surface area contributed by atoms with Gasteiger partial charge in [0.2, 0.25) is 0 Å². The number of fused-ring (bicyclic) bond motifs is 1. The molecule has 0 unspecified atom stereocenters.